The molecule has 0 atom stereocenters. The molecule has 170 valence electrons. The van der Waals surface area contributed by atoms with Crippen LogP contribution < -0.4 is 4.74 Å². The van der Waals surface area contributed by atoms with E-state index in [0.29, 0.717) is 24.5 Å². The van der Waals surface area contributed by atoms with Crippen LogP contribution in [0.3, 0.4) is 0 Å². The molecule has 2 aromatic rings. The number of nitrogens with zero attached hydrogens (tertiary/aromatic N) is 4. The van der Waals surface area contributed by atoms with Crippen molar-refractivity contribution in [2.24, 2.45) is 0 Å². The van der Waals surface area contributed by atoms with Crippen LogP contribution in [0.4, 0.5) is 4.79 Å². The topological polar surface area (TPSA) is 113 Å². The molecule has 0 amide bonds. The SMILES string of the molecule is CC(C)(C)OC(=O)ON1CCC(n2cc(COc3ccc(S(C)(=O)=O)cc3)nn2)CC1. The molecule has 0 aliphatic carbocycles. The second kappa shape index (κ2) is 9.23. The lowest BCUT2D eigenvalue weighted by Crippen LogP contribution is -2.38. The molecule has 1 aliphatic heterocycles. The highest BCUT2D eigenvalue weighted by Gasteiger charge is 2.26. The number of hydrogen-bond acceptors (Lipinski definition) is 9. The molecule has 1 fully saturated rings. The Morgan fingerprint density at radius 2 is 1.81 bits per heavy atom. The van der Waals surface area contributed by atoms with Crippen molar-refractivity contribution in [1.82, 2.24) is 20.1 Å². The van der Waals surface area contributed by atoms with Gasteiger partial charge in [-0.15, -0.1) is 10.2 Å². The number of ether oxygens (including phenoxy) is 2. The van der Waals surface area contributed by atoms with Crippen molar-refractivity contribution < 1.29 is 27.5 Å². The lowest BCUT2D eigenvalue weighted by atomic mass is 10.1. The molecule has 0 saturated carbocycles. The van der Waals surface area contributed by atoms with E-state index in [1.54, 1.807) is 42.6 Å². The summed E-state index contributed by atoms with van der Waals surface area (Å²) >= 11 is 0. The summed E-state index contributed by atoms with van der Waals surface area (Å²) in [5.41, 5.74) is 0.0734. The van der Waals surface area contributed by atoms with Gasteiger partial charge in [0.25, 0.3) is 0 Å². The van der Waals surface area contributed by atoms with Crippen LogP contribution >= 0.6 is 0 Å². The van der Waals surface area contributed by atoms with Crippen molar-refractivity contribution in [3.8, 4) is 5.75 Å². The maximum atomic E-state index is 11.8. The quantitative estimate of drug-likeness (QED) is 0.610. The summed E-state index contributed by atoms with van der Waals surface area (Å²) < 4.78 is 35.7. The first-order valence-electron chi connectivity index (χ1n) is 9.99. The van der Waals surface area contributed by atoms with E-state index in [2.05, 4.69) is 10.3 Å². The molecule has 31 heavy (non-hydrogen) atoms. The fourth-order valence-electron chi connectivity index (χ4n) is 3.07. The summed E-state index contributed by atoms with van der Waals surface area (Å²) in [6.45, 7) is 6.73. The highest BCUT2D eigenvalue weighted by Crippen LogP contribution is 2.23. The molecule has 0 bridgehead atoms. The molecule has 1 aliphatic rings. The Labute approximate surface area is 181 Å². The summed E-state index contributed by atoms with van der Waals surface area (Å²) in [7, 11) is -3.23. The van der Waals surface area contributed by atoms with Crippen molar-refractivity contribution in [2.45, 2.75) is 56.8 Å². The van der Waals surface area contributed by atoms with Gasteiger partial charge in [-0.2, -0.15) is 0 Å². The predicted octanol–water partition coefficient (Wildman–Crippen LogP) is 2.76. The summed E-state index contributed by atoms with van der Waals surface area (Å²) in [5, 5.41) is 9.94. The minimum absolute atomic E-state index is 0.147. The van der Waals surface area contributed by atoms with Gasteiger partial charge in [0.1, 0.15) is 23.7 Å². The van der Waals surface area contributed by atoms with Gasteiger partial charge in [0.2, 0.25) is 0 Å². The van der Waals surface area contributed by atoms with Gasteiger partial charge < -0.3 is 14.3 Å². The number of aromatic nitrogens is 3. The molecule has 1 saturated heterocycles. The molecule has 0 spiro atoms. The summed E-state index contributed by atoms with van der Waals surface area (Å²) in [4.78, 5) is 17.3. The maximum Gasteiger partial charge on any atom is 0.528 e. The van der Waals surface area contributed by atoms with E-state index in [1.807, 2.05) is 6.20 Å². The van der Waals surface area contributed by atoms with Crippen LogP contribution in [0.15, 0.2) is 35.4 Å². The maximum absolute atomic E-state index is 11.8. The first-order valence-corrected chi connectivity index (χ1v) is 11.9. The van der Waals surface area contributed by atoms with Gasteiger partial charge >= 0.3 is 6.16 Å². The van der Waals surface area contributed by atoms with Gasteiger partial charge in [-0.25, -0.2) is 17.9 Å². The van der Waals surface area contributed by atoms with Crippen molar-refractivity contribution in [1.29, 1.82) is 0 Å². The molecule has 10 nitrogen and oxygen atoms in total. The average Bonchev–Trinajstić information content (AvgIpc) is 3.14. The Morgan fingerprint density at radius 1 is 1.16 bits per heavy atom. The zero-order chi connectivity index (χ0) is 22.6. The van der Waals surface area contributed by atoms with Crippen LogP contribution in [0.5, 0.6) is 5.75 Å². The number of rotatable bonds is 6. The molecule has 0 unspecified atom stereocenters. The Morgan fingerprint density at radius 3 is 2.39 bits per heavy atom. The second-order valence-electron chi connectivity index (χ2n) is 8.44. The van der Waals surface area contributed by atoms with E-state index >= 15 is 0 Å². The first-order chi connectivity index (χ1) is 14.5. The van der Waals surface area contributed by atoms with Crippen LogP contribution in [0, 0.1) is 0 Å². The molecule has 11 heteroatoms. The van der Waals surface area contributed by atoms with E-state index in [9.17, 15) is 13.2 Å². The number of hydrogen-bond donors (Lipinski definition) is 0. The molecule has 1 aromatic heterocycles. The van der Waals surface area contributed by atoms with Crippen molar-refractivity contribution >= 4 is 16.0 Å². The summed E-state index contributed by atoms with van der Waals surface area (Å²) in [5.74, 6) is 0.551. The lowest BCUT2D eigenvalue weighted by molar-refractivity contribution is -0.154. The number of sulfone groups is 1. The Balaban J connectivity index is 1.46. The molecule has 3 rings (SSSR count). The number of benzene rings is 1. The largest absolute Gasteiger partial charge is 0.528 e. The van der Waals surface area contributed by atoms with E-state index in [4.69, 9.17) is 14.3 Å². The molecule has 1 aromatic carbocycles. The smallest absolute Gasteiger partial charge is 0.487 e. The molecular weight excluding hydrogens is 424 g/mol. The third-order valence-electron chi connectivity index (χ3n) is 4.59. The van der Waals surface area contributed by atoms with Crippen LogP contribution in [0.25, 0.3) is 0 Å². The summed E-state index contributed by atoms with van der Waals surface area (Å²) in [6.07, 6.45) is 3.80. The van der Waals surface area contributed by atoms with Crippen molar-refractivity contribution in [3.05, 3.63) is 36.2 Å². The van der Waals surface area contributed by atoms with Crippen molar-refractivity contribution in [3.63, 3.8) is 0 Å². The first kappa shape index (κ1) is 23.0. The van der Waals surface area contributed by atoms with Crippen LogP contribution in [0.1, 0.15) is 45.3 Å². The number of carbonyl (C=O) groups excluding carboxylic acids is 1. The van der Waals surface area contributed by atoms with Gasteiger partial charge in [-0.1, -0.05) is 5.21 Å². The minimum atomic E-state index is -3.23. The van der Waals surface area contributed by atoms with Crippen molar-refractivity contribution in [2.75, 3.05) is 19.3 Å². The van der Waals surface area contributed by atoms with E-state index in [0.717, 1.165) is 19.1 Å². The third kappa shape index (κ3) is 6.93. The Hall–Kier alpha value is -2.66. The van der Waals surface area contributed by atoms with E-state index < -0.39 is 21.6 Å². The Bertz CT molecular complexity index is 989. The van der Waals surface area contributed by atoms with Gasteiger partial charge in [-0.05, 0) is 57.9 Å². The zero-order valence-corrected chi connectivity index (χ0v) is 19.0. The van der Waals surface area contributed by atoms with E-state index in [1.165, 1.54) is 12.1 Å². The molecular formula is C20H28N4O6S. The van der Waals surface area contributed by atoms with E-state index in [-0.39, 0.29) is 17.5 Å². The van der Waals surface area contributed by atoms with Gasteiger partial charge in [0, 0.05) is 19.3 Å². The van der Waals surface area contributed by atoms with Crippen LogP contribution in [0.2, 0.25) is 0 Å². The standard InChI is InChI=1S/C20H28N4O6S/c1-20(2,3)29-19(25)30-23-11-9-16(10-12-23)24-13-15(21-22-24)14-28-17-5-7-18(8-6-17)31(4,26)27/h5-8,13,16H,9-12,14H2,1-4H3. The van der Waals surface area contributed by atoms with Crippen LogP contribution in [-0.4, -0.2) is 59.6 Å². The van der Waals surface area contributed by atoms with Crippen LogP contribution in [-0.2, 0) is 26.0 Å². The van der Waals surface area contributed by atoms with Gasteiger partial charge in [-0.3, -0.25) is 0 Å². The molecule has 0 N–H and O–H groups in total. The normalized spacial score (nSPS) is 16.1. The second-order valence-corrected chi connectivity index (χ2v) is 10.5. The third-order valence-corrected chi connectivity index (χ3v) is 5.72. The molecule has 2 heterocycles. The zero-order valence-electron chi connectivity index (χ0n) is 18.1. The predicted molar refractivity (Wildman–Crippen MR) is 111 cm³/mol. The fraction of sp³-hybridized carbons (Fsp3) is 0.550. The van der Waals surface area contributed by atoms with Gasteiger partial charge in [0.15, 0.2) is 9.84 Å². The number of hydroxylamine groups is 2. The summed E-state index contributed by atoms with van der Waals surface area (Å²) in [6, 6.07) is 6.39. The average molecular weight is 453 g/mol. The highest BCUT2D eigenvalue weighted by molar-refractivity contribution is 7.90. The fourth-order valence-corrected chi connectivity index (χ4v) is 3.70. The monoisotopic (exact) mass is 452 g/mol. The molecule has 0 radical (unpaired) electrons. The number of carbonyl (C=O) groups is 1. The lowest BCUT2D eigenvalue weighted by Gasteiger charge is -2.30. The number of piperidine rings is 1. The Kier molecular flexibility index (Phi) is 6.85. The highest BCUT2D eigenvalue weighted by atomic mass is 32.2. The minimum Gasteiger partial charge on any atom is -0.487 e. The van der Waals surface area contributed by atoms with Gasteiger partial charge in [0.05, 0.1) is 17.1 Å².